The summed E-state index contributed by atoms with van der Waals surface area (Å²) in [6.07, 6.45) is 2.37. The third-order valence-electron chi connectivity index (χ3n) is 2.30. The van der Waals surface area contributed by atoms with Crippen molar-refractivity contribution in [3.05, 3.63) is 11.5 Å². The molecule has 0 N–H and O–H groups in total. The number of carbonyl (C=O) groups excluding carboxylic acids is 1. The van der Waals surface area contributed by atoms with Gasteiger partial charge in [0.05, 0.1) is 5.95 Å². The van der Waals surface area contributed by atoms with Crippen LogP contribution in [-0.4, -0.2) is 31.0 Å². The van der Waals surface area contributed by atoms with Crippen LogP contribution in [0.5, 0.6) is 0 Å². The molecule has 4 nitrogen and oxygen atoms in total. The van der Waals surface area contributed by atoms with Crippen LogP contribution in [0.15, 0.2) is 11.5 Å². The zero-order valence-electron chi connectivity index (χ0n) is 8.71. The Kier molecular flexibility index (Phi) is 3.80. The van der Waals surface area contributed by atoms with Gasteiger partial charge in [0.15, 0.2) is 0 Å². The molecule has 4 heteroatoms. The number of amides is 1. The molecule has 1 aliphatic heterocycles. The average molecular weight is 198 g/mol. The van der Waals surface area contributed by atoms with Crippen LogP contribution in [0, 0.1) is 0 Å². The minimum Gasteiger partial charge on any atom is -0.613 e. The molecule has 1 fully saturated rings. The Bertz CT molecular complexity index is 248. The van der Waals surface area contributed by atoms with Gasteiger partial charge in [0.25, 0.3) is 5.91 Å². The van der Waals surface area contributed by atoms with Gasteiger partial charge in [-0.15, -0.1) is 0 Å². The maximum atomic E-state index is 11.6. The Morgan fingerprint density at radius 2 is 2.29 bits per heavy atom. The van der Waals surface area contributed by atoms with Gasteiger partial charge in [0, 0.05) is 19.2 Å². The van der Waals surface area contributed by atoms with E-state index in [0.29, 0.717) is 18.6 Å². The van der Waals surface area contributed by atoms with Gasteiger partial charge in [0.1, 0.15) is 0 Å². The zero-order chi connectivity index (χ0) is 10.6. The van der Waals surface area contributed by atoms with Crippen molar-refractivity contribution in [1.29, 1.82) is 0 Å². The lowest BCUT2D eigenvalue weighted by Crippen LogP contribution is -2.29. The molecule has 80 valence electrons. The van der Waals surface area contributed by atoms with Gasteiger partial charge in [-0.2, -0.15) is 0 Å². The topological polar surface area (TPSA) is 52.6 Å². The molecule has 1 aliphatic rings. The van der Waals surface area contributed by atoms with E-state index in [2.05, 4.69) is 0 Å². The van der Waals surface area contributed by atoms with Crippen LogP contribution in [0.3, 0.4) is 0 Å². The first-order valence-electron chi connectivity index (χ1n) is 4.95. The number of likely N-dealkylation sites (N-methyl/N-ethyl adjacent to an activating group) is 1. The molecular formula is C10H16NO3-. The molecule has 1 saturated heterocycles. The van der Waals surface area contributed by atoms with E-state index >= 15 is 0 Å². The summed E-state index contributed by atoms with van der Waals surface area (Å²) in [5.41, 5.74) is 0.298. The molecule has 0 aromatic heterocycles. The monoisotopic (exact) mass is 198 g/mol. The molecular weight excluding hydrogens is 182 g/mol. The van der Waals surface area contributed by atoms with E-state index in [1.54, 1.807) is 18.9 Å². The Morgan fingerprint density at radius 3 is 2.93 bits per heavy atom. The van der Waals surface area contributed by atoms with Gasteiger partial charge >= 0.3 is 0 Å². The highest BCUT2D eigenvalue weighted by Crippen LogP contribution is 2.17. The van der Waals surface area contributed by atoms with Crippen molar-refractivity contribution in [2.24, 2.45) is 0 Å². The van der Waals surface area contributed by atoms with Crippen molar-refractivity contribution in [2.75, 3.05) is 20.2 Å². The maximum absolute atomic E-state index is 11.6. The average Bonchev–Trinajstić information content (AvgIpc) is 2.31. The highest BCUT2D eigenvalue weighted by molar-refractivity contribution is 5.93. The number of likely N-dealkylation sites (tertiary alicyclic amines) is 1. The standard InChI is InChI=1S/C10H17NO3/c1-3-14-10(13)8-6-4-5-7-11(2)9(8)12/h13H,3-7H2,1-2H3/p-1/b10-8-. The lowest BCUT2D eigenvalue weighted by Gasteiger charge is -2.20. The molecule has 0 unspecified atom stereocenters. The molecule has 0 spiro atoms. The third-order valence-corrected chi connectivity index (χ3v) is 2.30. The molecule has 0 radical (unpaired) electrons. The van der Waals surface area contributed by atoms with Crippen molar-refractivity contribution in [3.8, 4) is 0 Å². The van der Waals surface area contributed by atoms with Crippen LogP contribution < -0.4 is 5.11 Å². The molecule has 0 aliphatic carbocycles. The molecule has 0 saturated carbocycles. The molecule has 0 bridgehead atoms. The smallest absolute Gasteiger partial charge is 0.251 e. The third kappa shape index (κ3) is 2.40. The second-order valence-corrected chi connectivity index (χ2v) is 3.38. The van der Waals surface area contributed by atoms with E-state index < -0.39 is 5.95 Å². The number of hydrogen-bond donors (Lipinski definition) is 0. The van der Waals surface area contributed by atoms with Gasteiger partial charge in [-0.1, -0.05) is 6.92 Å². The van der Waals surface area contributed by atoms with Crippen molar-refractivity contribution in [2.45, 2.75) is 26.2 Å². The van der Waals surface area contributed by atoms with Gasteiger partial charge < -0.3 is 14.7 Å². The Morgan fingerprint density at radius 1 is 1.57 bits per heavy atom. The number of hydrogen-bond acceptors (Lipinski definition) is 3. The maximum Gasteiger partial charge on any atom is 0.251 e. The summed E-state index contributed by atoms with van der Waals surface area (Å²) in [4.78, 5) is 13.2. The first-order valence-corrected chi connectivity index (χ1v) is 4.95. The number of carbonyl (C=O) groups is 1. The van der Waals surface area contributed by atoms with Crippen LogP contribution in [-0.2, 0) is 9.53 Å². The fourth-order valence-corrected chi connectivity index (χ4v) is 1.50. The SMILES string of the molecule is CCO/C([O-])=C1/CCCCN(C)C1=O. The van der Waals surface area contributed by atoms with Crippen LogP contribution in [0.25, 0.3) is 0 Å². The van der Waals surface area contributed by atoms with E-state index in [9.17, 15) is 9.90 Å². The van der Waals surface area contributed by atoms with E-state index in [4.69, 9.17) is 4.74 Å². The molecule has 1 amide bonds. The number of rotatable bonds is 2. The van der Waals surface area contributed by atoms with Crippen LogP contribution in [0.1, 0.15) is 26.2 Å². The summed E-state index contributed by atoms with van der Waals surface area (Å²) in [6.45, 7) is 2.78. The summed E-state index contributed by atoms with van der Waals surface area (Å²) >= 11 is 0. The van der Waals surface area contributed by atoms with Crippen LogP contribution in [0.2, 0.25) is 0 Å². The molecule has 14 heavy (non-hydrogen) atoms. The van der Waals surface area contributed by atoms with Gasteiger partial charge in [-0.05, 0) is 25.9 Å². The molecule has 0 aromatic carbocycles. The van der Waals surface area contributed by atoms with Crippen LogP contribution >= 0.6 is 0 Å². The minimum absolute atomic E-state index is 0.180. The van der Waals surface area contributed by atoms with Gasteiger partial charge in [0.2, 0.25) is 0 Å². The van der Waals surface area contributed by atoms with Gasteiger partial charge in [-0.3, -0.25) is 4.79 Å². The van der Waals surface area contributed by atoms with E-state index in [1.165, 1.54) is 0 Å². The predicted octanol–water partition coefficient (Wildman–Crippen LogP) is 0.237. The van der Waals surface area contributed by atoms with E-state index in [0.717, 1.165) is 19.4 Å². The molecule has 1 heterocycles. The molecule has 1 rings (SSSR count). The second kappa shape index (κ2) is 4.88. The second-order valence-electron chi connectivity index (χ2n) is 3.38. The summed E-state index contributed by atoms with van der Waals surface area (Å²) in [7, 11) is 1.72. The quantitative estimate of drug-likeness (QED) is 0.471. The Balaban J connectivity index is 2.83. The summed E-state index contributed by atoms with van der Waals surface area (Å²) in [5, 5.41) is 11.4. The fourth-order valence-electron chi connectivity index (χ4n) is 1.50. The molecule has 0 atom stereocenters. The normalized spacial score (nSPS) is 21.9. The predicted molar refractivity (Wildman–Crippen MR) is 50.1 cm³/mol. The molecule has 0 aromatic rings. The lowest BCUT2D eigenvalue weighted by molar-refractivity contribution is -0.358. The van der Waals surface area contributed by atoms with Gasteiger partial charge in [-0.25, -0.2) is 0 Å². The largest absolute Gasteiger partial charge is 0.613 e. The fraction of sp³-hybridized carbons (Fsp3) is 0.700. The summed E-state index contributed by atoms with van der Waals surface area (Å²) in [5.74, 6) is -0.632. The number of nitrogens with zero attached hydrogens (tertiary/aromatic N) is 1. The first kappa shape index (κ1) is 10.9. The highest BCUT2D eigenvalue weighted by Gasteiger charge is 2.19. The first-order chi connectivity index (χ1) is 6.66. The van der Waals surface area contributed by atoms with E-state index in [-0.39, 0.29) is 5.91 Å². The summed E-state index contributed by atoms with van der Waals surface area (Å²) < 4.78 is 4.83. The van der Waals surface area contributed by atoms with Crippen molar-refractivity contribution < 1.29 is 14.6 Å². The summed E-state index contributed by atoms with van der Waals surface area (Å²) in [6, 6.07) is 0. The van der Waals surface area contributed by atoms with Crippen molar-refractivity contribution >= 4 is 5.91 Å². The van der Waals surface area contributed by atoms with E-state index in [1.807, 2.05) is 0 Å². The number of ether oxygens (including phenoxy) is 1. The lowest BCUT2D eigenvalue weighted by atomic mass is 10.1. The van der Waals surface area contributed by atoms with Crippen molar-refractivity contribution in [1.82, 2.24) is 4.90 Å². The van der Waals surface area contributed by atoms with Crippen LogP contribution in [0.4, 0.5) is 0 Å². The highest BCUT2D eigenvalue weighted by atomic mass is 16.6. The Hall–Kier alpha value is -1.19. The Labute approximate surface area is 84.2 Å². The van der Waals surface area contributed by atoms with Crippen molar-refractivity contribution in [3.63, 3.8) is 0 Å². The zero-order valence-corrected chi connectivity index (χ0v) is 8.71. The minimum atomic E-state index is -0.453.